The normalized spacial score (nSPS) is 11.1. The number of carbonyl (C=O) groups excluding carboxylic acids is 2. The van der Waals surface area contributed by atoms with Crippen LogP contribution >= 0.6 is 23.2 Å². The highest BCUT2D eigenvalue weighted by molar-refractivity contribution is 6.38. The van der Waals surface area contributed by atoms with Gasteiger partial charge in [0.1, 0.15) is 11.3 Å². The Morgan fingerprint density at radius 1 is 1.45 bits per heavy atom. The van der Waals surface area contributed by atoms with Gasteiger partial charge in [-0.1, -0.05) is 23.2 Å². The zero-order valence-corrected chi connectivity index (χ0v) is 11.5. The Morgan fingerprint density at radius 3 is 2.70 bits per heavy atom. The number of rotatable bonds is 6. The van der Waals surface area contributed by atoms with Crippen molar-refractivity contribution in [3.63, 3.8) is 0 Å². The minimum Gasteiger partial charge on any atom is -0.395 e. The quantitative estimate of drug-likeness (QED) is 0.204. The number of aliphatic hydroxyl groups excluding tert-OH is 1. The molecule has 0 aliphatic heterocycles. The van der Waals surface area contributed by atoms with Crippen molar-refractivity contribution < 1.29 is 14.7 Å². The highest BCUT2D eigenvalue weighted by Crippen LogP contribution is 2.21. The first-order valence-corrected chi connectivity index (χ1v) is 6.04. The van der Waals surface area contributed by atoms with Crippen LogP contribution in [0.1, 0.15) is 10.5 Å². The van der Waals surface area contributed by atoms with Gasteiger partial charge < -0.3 is 10.4 Å². The first-order valence-electron chi connectivity index (χ1n) is 5.29. The molecule has 2 N–H and O–H groups in total. The van der Waals surface area contributed by atoms with Crippen LogP contribution in [0.4, 0.5) is 0 Å². The summed E-state index contributed by atoms with van der Waals surface area (Å²) in [4.78, 5) is 37.4. The number of nitroso groups, excluding NO2 is 1. The fraction of sp³-hybridized carbons (Fsp3) is 0.182. The van der Waals surface area contributed by atoms with E-state index in [4.69, 9.17) is 28.3 Å². The summed E-state index contributed by atoms with van der Waals surface area (Å²) in [7, 11) is 0. The van der Waals surface area contributed by atoms with Crippen LogP contribution in [0.15, 0.2) is 29.2 Å². The highest BCUT2D eigenvalue weighted by atomic mass is 35.5. The predicted molar refractivity (Wildman–Crippen MR) is 72.6 cm³/mol. The van der Waals surface area contributed by atoms with Crippen molar-refractivity contribution in [1.82, 2.24) is 10.3 Å². The second-order valence-corrected chi connectivity index (χ2v) is 4.29. The summed E-state index contributed by atoms with van der Waals surface area (Å²) in [5.74, 6) is -2.14. The van der Waals surface area contributed by atoms with Crippen molar-refractivity contribution in [2.24, 2.45) is 5.18 Å². The molecule has 0 saturated heterocycles. The van der Waals surface area contributed by atoms with E-state index in [9.17, 15) is 14.5 Å². The number of pyridine rings is 1. The molecule has 106 valence electrons. The molecule has 0 radical (unpaired) electrons. The number of halogens is 2. The molecule has 1 amide bonds. The number of carbonyl (C=O) groups is 2. The number of Topliss-reactive ketones (excluding diaryl/α,β-unsaturated/α-hetero) is 1. The van der Waals surface area contributed by atoms with Crippen molar-refractivity contribution in [3.05, 3.63) is 44.7 Å². The Hall–Kier alpha value is -1.83. The fourth-order valence-electron chi connectivity index (χ4n) is 1.22. The number of aromatic nitrogens is 1. The van der Waals surface area contributed by atoms with Crippen LogP contribution in [0, 0.1) is 4.91 Å². The molecule has 1 rings (SSSR count). The summed E-state index contributed by atoms with van der Waals surface area (Å²) >= 11 is 11.4. The van der Waals surface area contributed by atoms with Gasteiger partial charge in [-0.3, -0.25) is 9.59 Å². The lowest BCUT2D eigenvalue weighted by Crippen LogP contribution is -2.19. The Bertz CT molecular complexity index is 575. The molecular weight excluding hydrogens is 309 g/mol. The molecule has 20 heavy (non-hydrogen) atoms. The minimum absolute atomic E-state index is 0.0609. The van der Waals surface area contributed by atoms with Crippen LogP contribution < -0.4 is 5.32 Å². The summed E-state index contributed by atoms with van der Waals surface area (Å²) in [6, 6.07) is 1.28. The number of nitrogens with one attached hydrogen (secondary N) is 1. The molecule has 9 heteroatoms. The largest absolute Gasteiger partial charge is 0.395 e. The number of aliphatic hydroxyl groups is 1. The molecule has 0 atom stereocenters. The van der Waals surface area contributed by atoms with Gasteiger partial charge in [-0.2, -0.15) is 0 Å². The Balaban J connectivity index is 3.13. The summed E-state index contributed by atoms with van der Waals surface area (Å²) in [6.07, 6.45) is 2.16. The van der Waals surface area contributed by atoms with Crippen LogP contribution in [-0.4, -0.2) is 34.9 Å². The standard InChI is InChI=1S/C11H9Cl2N3O4/c12-6-3-8(13)9(15-4-6)10(18)7(11(19)16-20)5-14-1-2-17/h3-5,14,17H,1-2H2/b7-5-. The van der Waals surface area contributed by atoms with Gasteiger partial charge in [-0.25, -0.2) is 4.98 Å². The zero-order valence-electron chi connectivity index (χ0n) is 9.97. The first kappa shape index (κ1) is 16.2. The highest BCUT2D eigenvalue weighted by Gasteiger charge is 2.24. The summed E-state index contributed by atoms with van der Waals surface area (Å²) in [5.41, 5.74) is -0.768. The second-order valence-electron chi connectivity index (χ2n) is 3.45. The predicted octanol–water partition coefficient (Wildman–Crippen LogP) is 1.33. The van der Waals surface area contributed by atoms with Gasteiger partial charge in [-0.15, -0.1) is 4.91 Å². The zero-order chi connectivity index (χ0) is 15.1. The van der Waals surface area contributed by atoms with E-state index in [1.807, 2.05) is 0 Å². The van der Waals surface area contributed by atoms with Gasteiger partial charge in [0, 0.05) is 24.1 Å². The lowest BCUT2D eigenvalue weighted by atomic mass is 10.1. The van der Waals surface area contributed by atoms with E-state index >= 15 is 0 Å². The third-order valence-electron chi connectivity index (χ3n) is 2.08. The molecule has 0 bridgehead atoms. The Labute approximate surface area is 123 Å². The first-order chi connectivity index (χ1) is 9.51. The summed E-state index contributed by atoms with van der Waals surface area (Å²) < 4.78 is 0. The maximum atomic E-state index is 12.1. The van der Waals surface area contributed by atoms with Crippen molar-refractivity contribution in [2.45, 2.75) is 0 Å². The molecule has 0 spiro atoms. The molecule has 0 unspecified atom stereocenters. The van der Waals surface area contributed by atoms with Crippen molar-refractivity contribution in [2.75, 3.05) is 13.2 Å². The molecule has 0 saturated carbocycles. The van der Waals surface area contributed by atoms with Crippen LogP contribution in [0.25, 0.3) is 0 Å². The lowest BCUT2D eigenvalue weighted by molar-refractivity contribution is -0.114. The fourth-order valence-corrected chi connectivity index (χ4v) is 1.69. The molecule has 7 nitrogen and oxygen atoms in total. The third kappa shape index (κ3) is 4.09. The average molecular weight is 318 g/mol. The summed E-state index contributed by atoms with van der Waals surface area (Å²) in [5, 5.41) is 13.4. The van der Waals surface area contributed by atoms with Gasteiger partial charge in [-0.05, 0) is 6.07 Å². The third-order valence-corrected chi connectivity index (χ3v) is 2.58. The maximum Gasteiger partial charge on any atom is 0.322 e. The topological polar surface area (TPSA) is 109 Å². The maximum absolute atomic E-state index is 12.1. The summed E-state index contributed by atoms with van der Waals surface area (Å²) in [6.45, 7) is -0.134. The van der Waals surface area contributed by atoms with E-state index in [-0.39, 0.29) is 28.9 Å². The van der Waals surface area contributed by atoms with Crippen LogP contribution in [0.3, 0.4) is 0 Å². The molecule has 0 aliphatic rings. The molecule has 1 heterocycles. The van der Waals surface area contributed by atoms with Crippen LogP contribution in [-0.2, 0) is 4.79 Å². The molecular formula is C11H9Cl2N3O4. The number of hydrogen-bond donors (Lipinski definition) is 2. The van der Waals surface area contributed by atoms with Crippen LogP contribution in [0.2, 0.25) is 10.0 Å². The van der Waals surface area contributed by atoms with E-state index in [1.165, 1.54) is 12.3 Å². The number of ketones is 1. The van der Waals surface area contributed by atoms with Crippen molar-refractivity contribution in [3.8, 4) is 0 Å². The molecule has 0 fully saturated rings. The van der Waals surface area contributed by atoms with E-state index in [1.54, 1.807) is 0 Å². The van der Waals surface area contributed by atoms with Gasteiger partial charge in [0.05, 0.1) is 16.7 Å². The molecule has 0 aromatic carbocycles. The van der Waals surface area contributed by atoms with Gasteiger partial charge >= 0.3 is 5.91 Å². The van der Waals surface area contributed by atoms with E-state index < -0.39 is 17.3 Å². The number of nitrogens with zero attached hydrogens (tertiary/aromatic N) is 2. The number of hydrogen-bond acceptors (Lipinski definition) is 6. The van der Waals surface area contributed by atoms with Crippen molar-refractivity contribution >= 4 is 34.9 Å². The van der Waals surface area contributed by atoms with E-state index in [0.29, 0.717) is 0 Å². The Morgan fingerprint density at radius 2 is 2.15 bits per heavy atom. The molecule has 0 aliphatic carbocycles. The molecule has 1 aromatic heterocycles. The lowest BCUT2D eigenvalue weighted by Gasteiger charge is -2.04. The van der Waals surface area contributed by atoms with Gasteiger partial charge in [0.2, 0.25) is 5.78 Å². The SMILES string of the molecule is O=NC(=O)/C(=C\NCCO)C(=O)c1ncc(Cl)cc1Cl. The molecule has 1 aromatic rings. The van der Waals surface area contributed by atoms with Crippen molar-refractivity contribution in [1.29, 1.82) is 0 Å². The van der Waals surface area contributed by atoms with Gasteiger partial charge in [0.15, 0.2) is 0 Å². The van der Waals surface area contributed by atoms with Crippen LogP contribution in [0.5, 0.6) is 0 Å². The monoisotopic (exact) mass is 317 g/mol. The van der Waals surface area contributed by atoms with E-state index in [2.05, 4.69) is 15.5 Å². The Kier molecular flexibility index (Phi) is 6.23. The number of amides is 1. The van der Waals surface area contributed by atoms with Gasteiger partial charge in [0.25, 0.3) is 0 Å². The van der Waals surface area contributed by atoms with E-state index in [0.717, 1.165) is 6.20 Å². The minimum atomic E-state index is -1.27. The smallest absolute Gasteiger partial charge is 0.322 e. The second kappa shape index (κ2) is 7.68. The average Bonchev–Trinajstić information content (AvgIpc) is 2.42.